The molecular formula is C18H27FN2O2. The number of alkyl carbamates (subject to hydrolysis) is 1. The fourth-order valence-corrected chi connectivity index (χ4v) is 2.88. The number of hydrogen-bond acceptors (Lipinski definition) is 3. The summed E-state index contributed by atoms with van der Waals surface area (Å²) in [5, 5.41) is 2.91. The zero-order valence-electron chi connectivity index (χ0n) is 13.8. The molecule has 1 amide bonds. The Balaban J connectivity index is 1.63. The number of amides is 1. The average Bonchev–Trinajstić information content (AvgIpc) is 2.56. The third-order valence-corrected chi connectivity index (χ3v) is 4.18. The molecule has 0 aliphatic carbocycles. The van der Waals surface area contributed by atoms with Crippen molar-refractivity contribution in [3.63, 3.8) is 0 Å². The first-order valence-corrected chi connectivity index (χ1v) is 8.51. The molecule has 128 valence electrons. The van der Waals surface area contributed by atoms with Gasteiger partial charge in [0.1, 0.15) is 12.8 Å². The number of hydrogen-bond donors (Lipinski definition) is 1. The maximum absolute atomic E-state index is 13.6. The van der Waals surface area contributed by atoms with Crippen molar-refractivity contribution in [1.29, 1.82) is 0 Å². The molecule has 1 N–H and O–H groups in total. The van der Waals surface area contributed by atoms with E-state index in [1.807, 2.05) is 37.3 Å². The largest absolute Gasteiger partial charge is 0.445 e. The van der Waals surface area contributed by atoms with Crippen molar-refractivity contribution in [1.82, 2.24) is 10.2 Å². The number of benzene rings is 1. The lowest BCUT2D eigenvalue weighted by atomic mass is 10.0. The number of nitrogens with zero attached hydrogens (tertiary/aromatic N) is 1. The van der Waals surface area contributed by atoms with Gasteiger partial charge in [-0.25, -0.2) is 9.18 Å². The quantitative estimate of drug-likeness (QED) is 0.835. The highest BCUT2D eigenvalue weighted by Gasteiger charge is 2.22. The number of likely N-dealkylation sites (tertiary alicyclic amines) is 1. The Bertz CT molecular complexity index is 461. The van der Waals surface area contributed by atoms with E-state index < -0.39 is 6.17 Å². The molecule has 1 saturated heterocycles. The van der Waals surface area contributed by atoms with Crippen molar-refractivity contribution >= 4 is 6.09 Å². The molecule has 23 heavy (non-hydrogen) atoms. The van der Waals surface area contributed by atoms with Gasteiger partial charge in [0.2, 0.25) is 0 Å². The number of nitrogens with one attached hydrogen (secondary N) is 1. The second-order valence-electron chi connectivity index (χ2n) is 6.17. The summed E-state index contributed by atoms with van der Waals surface area (Å²) in [7, 11) is 0. The van der Waals surface area contributed by atoms with Gasteiger partial charge in [-0.3, -0.25) is 0 Å². The van der Waals surface area contributed by atoms with Crippen molar-refractivity contribution < 1.29 is 13.9 Å². The molecule has 1 atom stereocenters. The molecule has 5 heteroatoms. The van der Waals surface area contributed by atoms with Crippen LogP contribution >= 0.6 is 0 Å². The molecule has 1 heterocycles. The molecule has 1 aromatic carbocycles. The second-order valence-corrected chi connectivity index (χ2v) is 6.17. The summed E-state index contributed by atoms with van der Waals surface area (Å²) >= 11 is 0. The molecule has 0 radical (unpaired) electrons. The van der Waals surface area contributed by atoms with Crippen LogP contribution in [0.2, 0.25) is 0 Å². The van der Waals surface area contributed by atoms with Crippen LogP contribution in [0.4, 0.5) is 9.18 Å². The summed E-state index contributed by atoms with van der Waals surface area (Å²) in [6, 6.07) is 9.75. The zero-order valence-corrected chi connectivity index (χ0v) is 13.8. The molecule has 0 bridgehead atoms. The first-order chi connectivity index (χ1) is 11.2. The predicted molar refractivity (Wildman–Crippen MR) is 89.0 cm³/mol. The molecular weight excluding hydrogens is 295 g/mol. The van der Waals surface area contributed by atoms with Crippen LogP contribution in [0.25, 0.3) is 0 Å². The van der Waals surface area contributed by atoms with Crippen LogP contribution in [0.5, 0.6) is 0 Å². The lowest BCUT2D eigenvalue weighted by Gasteiger charge is -2.32. The van der Waals surface area contributed by atoms with Crippen LogP contribution in [0.3, 0.4) is 0 Å². The lowest BCUT2D eigenvalue weighted by molar-refractivity contribution is 0.118. The van der Waals surface area contributed by atoms with Gasteiger partial charge in [-0.05, 0) is 24.8 Å². The average molecular weight is 322 g/mol. The van der Waals surface area contributed by atoms with Crippen molar-refractivity contribution in [3.05, 3.63) is 35.9 Å². The number of alkyl halides is 1. The number of carbonyl (C=O) groups is 1. The summed E-state index contributed by atoms with van der Waals surface area (Å²) in [5.41, 5.74) is 0.974. The zero-order chi connectivity index (χ0) is 16.5. The summed E-state index contributed by atoms with van der Waals surface area (Å²) < 4.78 is 18.9. The molecule has 1 aromatic rings. The fourth-order valence-electron chi connectivity index (χ4n) is 2.88. The Kier molecular flexibility index (Phi) is 7.33. The van der Waals surface area contributed by atoms with Gasteiger partial charge in [0, 0.05) is 25.7 Å². The van der Waals surface area contributed by atoms with Crippen molar-refractivity contribution in [2.75, 3.05) is 19.6 Å². The molecule has 1 fully saturated rings. The molecule has 4 nitrogen and oxygen atoms in total. The molecule has 0 aromatic heterocycles. The first-order valence-electron chi connectivity index (χ1n) is 8.51. The van der Waals surface area contributed by atoms with Gasteiger partial charge in [-0.1, -0.05) is 43.7 Å². The molecule has 1 aliphatic heterocycles. The number of ether oxygens (including phenoxy) is 1. The maximum atomic E-state index is 13.6. The second kappa shape index (κ2) is 9.50. The fraction of sp³-hybridized carbons (Fsp3) is 0.611. The number of halogens is 1. The van der Waals surface area contributed by atoms with Gasteiger partial charge in [-0.2, -0.15) is 0 Å². The van der Waals surface area contributed by atoms with E-state index in [0.717, 1.165) is 37.9 Å². The smallest absolute Gasteiger partial charge is 0.407 e. The van der Waals surface area contributed by atoms with Crippen LogP contribution < -0.4 is 5.32 Å². The predicted octanol–water partition coefficient (Wildman–Crippen LogP) is 3.52. The van der Waals surface area contributed by atoms with E-state index in [0.29, 0.717) is 13.0 Å². The SMILES string of the molecule is CCCC(F)CN1CCC(NC(=O)OCc2ccccc2)CC1. The van der Waals surface area contributed by atoms with Crippen LogP contribution in [0.1, 0.15) is 38.2 Å². The summed E-state index contributed by atoms with van der Waals surface area (Å²) in [4.78, 5) is 14.0. The van der Waals surface area contributed by atoms with Gasteiger partial charge in [0.15, 0.2) is 0 Å². The Labute approximate surface area is 138 Å². The standard InChI is InChI=1S/C18H27FN2O2/c1-2-6-16(19)13-21-11-9-17(10-12-21)20-18(22)23-14-15-7-4-3-5-8-15/h3-5,7-8,16-17H,2,6,9-14H2,1H3,(H,20,22). The highest BCUT2D eigenvalue weighted by Crippen LogP contribution is 2.13. The highest BCUT2D eigenvalue weighted by molar-refractivity contribution is 5.67. The Morgan fingerprint density at radius 3 is 2.70 bits per heavy atom. The topological polar surface area (TPSA) is 41.6 Å². The van der Waals surface area contributed by atoms with E-state index in [-0.39, 0.29) is 18.7 Å². The van der Waals surface area contributed by atoms with Crippen molar-refractivity contribution in [2.45, 2.75) is 51.4 Å². The molecule has 0 spiro atoms. The van der Waals surface area contributed by atoms with Gasteiger partial charge in [0.25, 0.3) is 0 Å². The van der Waals surface area contributed by atoms with Crippen molar-refractivity contribution in [2.24, 2.45) is 0 Å². The Morgan fingerprint density at radius 1 is 1.35 bits per heavy atom. The summed E-state index contributed by atoms with van der Waals surface area (Å²) in [5.74, 6) is 0. The highest BCUT2D eigenvalue weighted by atomic mass is 19.1. The van der Waals surface area contributed by atoms with Crippen LogP contribution in [0.15, 0.2) is 30.3 Å². The number of carbonyl (C=O) groups excluding carboxylic acids is 1. The minimum absolute atomic E-state index is 0.124. The van der Waals surface area contributed by atoms with Gasteiger partial charge >= 0.3 is 6.09 Å². The van der Waals surface area contributed by atoms with E-state index in [2.05, 4.69) is 10.2 Å². The number of piperidine rings is 1. The Hall–Kier alpha value is -1.62. The normalized spacial score (nSPS) is 17.7. The van der Waals surface area contributed by atoms with Gasteiger partial charge < -0.3 is 15.0 Å². The molecule has 1 unspecified atom stereocenters. The van der Waals surface area contributed by atoms with Crippen LogP contribution in [-0.2, 0) is 11.3 Å². The molecule has 0 saturated carbocycles. The van der Waals surface area contributed by atoms with Crippen molar-refractivity contribution in [3.8, 4) is 0 Å². The lowest BCUT2D eigenvalue weighted by Crippen LogP contribution is -2.46. The van der Waals surface area contributed by atoms with Gasteiger partial charge in [0.05, 0.1) is 0 Å². The summed E-state index contributed by atoms with van der Waals surface area (Å²) in [6.45, 7) is 4.45. The van der Waals surface area contributed by atoms with E-state index in [9.17, 15) is 9.18 Å². The number of rotatable bonds is 7. The van der Waals surface area contributed by atoms with E-state index in [1.165, 1.54) is 0 Å². The van der Waals surface area contributed by atoms with E-state index in [1.54, 1.807) is 0 Å². The molecule has 1 aliphatic rings. The third-order valence-electron chi connectivity index (χ3n) is 4.18. The van der Waals surface area contributed by atoms with Gasteiger partial charge in [-0.15, -0.1) is 0 Å². The van der Waals surface area contributed by atoms with Crippen LogP contribution in [-0.4, -0.2) is 42.8 Å². The maximum Gasteiger partial charge on any atom is 0.407 e. The van der Waals surface area contributed by atoms with E-state index >= 15 is 0 Å². The Morgan fingerprint density at radius 2 is 2.04 bits per heavy atom. The van der Waals surface area contributed by atoms with Crippen LogP contribution in [0, 0.1) is 0 Å². The monoisotopic (exact) mass is 322 g/mol. The summed E-state index contributed by atoms with van der Waals surface area (Å²) in [6.07, 6.45) is 2.09. The third kappa shape index (κ3) is 6.57. The molecule has 2 rings (SSSR count). The first kappa shape index (κ1) is 17.7. The minimum atomic E-state index is -0.736. The van der Waals surface area contributed by atoms with E-state index in [4.69, 9.17) is 4.74 Å². The minimum Gasteiger partial charge on any atom is -0.445 e.